The zero-order valence-corrected chi connectivity index (χ0v) is 10.2. The third-order valence-corrected chi connectivity index (χ3v) is 4.25. The molecule has 0 spiro atoms. The Hall–Kier alpha value is 0.660. The molecule has 78 valence electrons. The van der Waals surface area contributed by atoms with E-state index >= 15 is 0 Å². The molecule has 0 saturated carbocycles. The van der Waals surface area contributed by atoms with Gasteiger partial charge in [0, 0.05) is 24.1 Å². The van der Waals surface area contributed by atoms with Crippen molar-refractivity contribution in [3.8, 4) is 0 Å². The SMILES string of the molecule is CCC1CN(CCCCS)CCS1. The van der Waals surface area contributed by atoms with Gasteiger partial charge in [0.15, 0.2) is 0 Å². The topological polar surface area (TPSA) is 3.24 Å². The minimum absolute atomic E-state index is 0.893. The molecule has 0 radical (unpaired) electrons. The Labute approximate surface area is 92.1 Å². The number of thioether (sulfide) groups is 1. The molecule has 0 aliphatic carbocycles. The summed E-state index contributed by atoms with van der Waals surface area (Å²) in [6.45, 7) is 6.20. The Morgan fingerprint density at radius 1 is 1.46 bits per heavy atom. The highest BCUT2D eigenvalue weighted by Crippen LogP contribution is 2.21. The fourth-order valence-corrected chi connectivity index (χ4v) is 3.15. The second-order valence-electron chi connectivity index (χ2n) is 3.63. The fourth-order valence-electron chi connectivity index (χ4n) is 1.68. The molecule has 0 bridgehead atoms. The molecule has 1 unspecified atom stereocenters. The molecule has 1 aliphatic rings. The van der Waals surface area contributed by atoms with Crippen LogP contribution in [-0.2, 0) is 0 Å². The molecule has 13 heavy (non-hydrogen) atoms. The van der Waals surface area contributed by atoms with Crippen molar-refractivity contribution in [2.24, 2.45) is 0 Å². The van der Waals surface area contributed by atoms with Crippen molar-refractivity contribution in [1.82, 2.24) is 4.90 Å². The van der Waals surface area contributed by atoms with Crippen LogP contribution in [0.5, 0.6) is 0 Å². The molecule has 1 nitrogen and oxygen atoms in total. The average Bonchev–Trinajstić information content (AvgIpc) is 2.19. The molecule has 1 heterocycles. The van der Waals surface area contributed by atoms with E-state index in [4.69, 9.17) is 0 Å². The molecule has 0 aromatic heterocycles. The Kier molecular flexibility index (Phi) is 6.33. The van der Waals surface area contributed by atoms with Crippen LogP contribution in [-0.4, -0.2) is 41.3 Å². The molecule has 1 rings (SSSR count). The first-order valence-electron chi connectivity index (χ1n) is 5.31. The van der Waals surface area contributed by atoms with E-state index in [0.717, 1.165) is 11.0 Å². The number of nitrogens with zero attached hydrogens (tertiary/aromatic N) is 1. The van der Waals surface area contributed by atoms with Gasteiger partial charge >= 0.3 is 0 Å². The summed E-state index contributed by atoms with van der Waals surface area (Å²) in [7, 11) is 0. The summed E-state index contributed by atoms with van der Waals surface area (Å²) < 4.78 is 0. The maximum Gasteiger partial charge on any atom is 0.0172 e. The van der Waals surface area contributed by atoms with Crippen LogP contribution in [0.4, 0.5) is 0 Å². The molecule has 1 aliphatic heterocycles. The summed E-state index contributed by atoms with van der Waals surface area (Å²) >= 11 is 6.38. The van der Waals surface area contributed by atoms with Gasteiger partial charge < -0.3 is 4.90 Å². The second-order valence-corrected chi connectivity index (χ2v) is 5.49. The van der Waals surface area contributed by atoms with E-state index in [1.165, 1.54) is 44.6 Å². The number of thiol groups is 1. The third kappa shape index (κ3) is 4.61. The standard InChI is InChI=1S/C10H21NS2/c1-2-10-9-11(6-8-13-10)5-3-4-7-12/h10,12H,2-9H2,1H3. The van der Waals surface area contributed by atoms with Crippen LogP contribution in [0.3, 0.4) is 0 Å². The van der Waals surface area contributed by atoms with Crippen molar-refractivity contribution < 1.29 is 0 Å². The van der Waals surface area contributed by atoms with E-state index < -0.39 is 0 Å². The van der Waals surface area contributed by atoms with Gasteiger partial charge in [0.2, 0.25) is 0 Å². The molecule has 1 saturated heterocycles. The molecule has 1 fully saturated rings. The number of rotatable bonds is 5. The van der Waals surface area contributed by atoms with Gasteiger partial charge in [-0.2, -0.15) is 24.4 Å². The largest absolute Gasteiger partial charge is 0.301 e. The lowest BCUT2D eigenvalue weighted by atomic mass is 10.2. The predicted octanol–water partition coefficient (Wildman–Crippen LogP) is 2.52. The smallest absolute Gasteiger partial charge is 0.0172 e. The van der Waals surface area contributed by atoms with Crippen molar-refractivity contribution in [2.45, 2.75) is 31.4 Å². The van der Waals surface area contributed by atoms with Crippen molar-refractivity contribution in [3.63, 3.8) is 0 Å². The summed E-state index contributed by atoms with van der Waals surface area (Å²) in [5, 5.41) is 0.893. The minimum atomic E-state index is 0.893. The van der Waals surface area contributed by atoms with Crippen LogP contribution in [0.2, 0.25) is 0 Å². The van der Waals surface area contributed by atoms with Gasteiger partial charge in [0.05, 0.1) is 0 Å². The van der Waals surface area contributed by atoms with E-state index in [1.807, 2.05) is 0 Å². The first kappa shape index (κ1) is 11.7. The minimum Gasteiger partial charge on any atom is -0.301 e. The molecular weight excluding hydrogens is 198 g/mol. The van der Waals surface area contributed by atoms with Gasteiger partial charge in [-0.25, -0.2) is 0 Å². The average molecular weight is 219 g/mol. The van der Waals surface area contributed by atoms with E-state index in [9.17, 15) is 0 Å². The van der Waals surface area contributed by atoms with Crippen LogP contribution >= 0.6 is 24.4 Å². The molecule has 1 atom stereocenters. The highest BCUT2D eigenvalue weighted by atomic mass is 32.2. The van der Waals surface area contributed by atoms with E-state index in [-0.39, 0.29) is 0 Å². The first-order valence-corrected chi connectivity index (χ1v) is 6.99. The van der Waals surface area contributed by atoms with Crippen molar-refractivity contribution in [1.29, 1.82) is 0 Å². The zero-order chi connectivity index (χ0) is 9.52. The zero-order valence-electron chi connectivity index (χ0n) is 8.54. The molecular formula is C10H21NS2. The van der Waals surface area contributed by atoms with E-state index in [2.05, 4.69) is 36.2 Å². The summed E-state index contributed by atoms with van der Waals surface area (Å²) in [6, 6.07) is 0. The lowest BCUT2D eigenvalue weighted by Gasteiger charge is -2.31. The van der Waals surface area contributed by atoms with Crippen LogP contribution in [0.25, 0.3) is 0 Å². The Morgan fingerprint density at radius 3 is 3.00 bits per heavy atom. The Balaban J connectivity index is 2.11. The second kappa shape index (κ2) is 7.02. The van der Waals surface area contributed by atoms with Crippen LogP contribution < -0.4 is 0 Å². The lowest BCUT2D eigenvalue weighted by Crippen LogP contribution is -2.38. The lowest BCUT2D eigenvalue weighted by molar-refractivity contribution is 0.277. The molecule has 3 heteroatoms. The summed E-state index contributed by atoms with van der Waals surface area (Å²) in [6.07, 6.45) is 3.92. The maximum absolute atomic E-state index is 4.23. The van der Waals surface area contributed by atoms with E-state index in [1.54, 1.807) is 0 Å². The molecule has 0 aromatic carbocycles. The third-order valence-electron chi connectivity index (χ3n) is 2.56. The van der Waals surface area contributed by atoms with Crippen LogP contribution in [0, 0.1) is 0 Å². The maximum atomic E-state index is 4.23. The van der Waals surface area contributed by atoms with Crippen molar-refractivity contribution >= 4 is 24.4 Å². The van der Waals surface area contributed by atoms with Gasteiger partial charge in [0.25, 0.3) is 0 Å². The quantitative estimate of drug-likeness (QED) is 0.559. The predicted molar refractivity (Wildman–Crippen MR) is 66.1 cm³/mol. The van der Waals surface area contributed by atoms with Crippen LogP contribution in [0.1, 0.15) is 26.2 Å². The summed E-state index contributed by atoms with van der Waals surface area (Å²) in [5.74, 6) is 2.37. The normalized spacial score (nSPS) is 24.9. The highest BCUT2D eigenvalue weighted by Gasteiger charge is 2.17. The van der Waals surface area contributed by atoms with Crippen molar-refractivity contribution in [2.75, 3.05) is 31.1 Å². The molecule has 0 aromatic rings. The van der Waals surface area contributed by atoms with E-state index in [0.29, 0.717) is 0 Å². The molecule has 0 amide bonds. The Bertz CT molecular complexity index is 130. The fraction of sp³-hybridized carbons (Fsp3) is 1.00. The number of hydrogen-bond acceptors (Lipinski definition) is 3. The number of unbranched alkanes of at least 4 members (excludes halogenated alkanes) is 1. The van der Waals surface area contributed by atoms with Crippen LogP contribution in [0.15, 0.2) is 0 Å². The van der Waals surface area contributed by atoms with Gasteiger partial charge in [-0.3, -0.25) is 0 Å². The van der Waals surface area contributed by atoms with Gasteiger partial charge in [-0.05, 0) is 31.6 Å². The first-order chi connectivity index (χ1) is 6.36. The number of hydrogen-bond donors (Lipinski definition) is 1. The summed E-state index contributed by atoms with van der Waals surface area (Å²) in [5.41, 5.74) is 0. The Morgan fingerprint density at radius 2 is 2.31 bits per heavy atom. The van der Waals surface area contributed by atoms with Gasteiger partial charge in [0.1, 0.15) is 0 Å². The van der Waals surface area contributed by atoms with Crippen molar-refractivity contribution in [3.05, 3.63) is 0 Å². The van der Waals surface area contributed by atoms with Gasteiger partial charge in [-0.1, -0.05) is 6.92 Å². The monoisotopic (exact) mass is 219 g/mol. The summed E-state index contributed by atoms with van der Waals surface area (Å²) in [4.78, 5) is 2.62. The highest BCUT2D eigenvalue weighted by molar-refractivity contribution is 8.00. The van der Waals surface area contributed by atoms with Gasteiger partial charge in [-0.15, -0.1) is 0 Å². The molecule has 0 N–H and O–H groups in total.